The van der Waals surface area contributed by atoms with Crippen molar-refractivity contribution in [2.45, 2.75) is 65.2 Å². The van der Waals surface area contributed by atoms with Gasteiger partial charge in [-0.1, -0.05) is 81.8 Å². The van der Waals surface area contributed by atoms with Crippen molar-refractivity contribution in [1.82, 2.24) is 0 Å². The number of rotatable bonds is 8. The highest BCUT2D eigenvalue weighted by Gasteiger charge is 2.04. The summed E-state index contributed by atoms with van der Waals surface area (Å²) < 4.78 is 0. The molecule has 0 bridgehead atoms. The predicted molar refractivity (Wildman–Crippen MR) is 107 cm³/mol. The molecule has 2 aromatic carbocycles. The first-order valence-corrected chi connectivity index (χ1v) is 9.38. The highest BCUT2D eigenvalue weighted by Crippen LogP contribution is 2.18. The zero-order chi connectivity index (χ0) is 17.0. The maximum absolute atomic E-state index is 4.61. The van der Waals surface area contributed by atoms with Gasteiger partial charge in [0.05, 0.1) is 5.71 Å². The Morgan fingerprint density at radius 3 is 2.46 bits per heavy atom. The fourth-order valence-corrected chi connectivity index (χ4v) is 2.78. The minimum absolute atomic E-state index is 0.961. The Bertz CT molecular complexity index is 715. The number of unbranched alkanes of at least 4 members (excludes halogenated alkanes) is 5. The van der Waals surface area contributed by atoms with Crippen molar-refractivity contribution in [1.29, 1.82) is 0 Å². The second-order valence-corrected chi connectivity index (χ2v) is 6.32. The normalized spacial score (nSPS) is 11.3. The molecule has 0 aliphatic heterocycles. The number of nitrogens with zero attached hydrogens (tertiary/aromatic N) is 1. The minimum Gasteiger partial charge on any atom is -0.202 e. The van der Waals surface area contributed by atoms with Gasteiger partial charge in [0, 0.05) is 12.5 Å². The molecule has 0 N–H and O–H groups in total. The number of aliphatic imine (C=N–C) groups is 1. The Morgan fingerprint density at radius 2 is 1.67 bits per heavy atom. The molecule has 0 aromatic heterocycles. The first-order chi connectivity index (χ1) is 11.8. The van der Waals surface area contributed by atoms with E-state index in [4.69, 9.17) is 0 Å². The van der Waals surface area contributed by atoms with Crippen LogP contribution in [0, 0.1) is 12.0 Å². The molecule has 0 aliphatic rings. The SMILES string of the molecule is CCCCCCC#CN=C(CCCC)c1ccc2ccccc2c1. The molecule has 0 heterocycles. The van der Waals surface area contributed by atoms with Gasteiger partial charge in [0.2, 0.25) is 0 Å². The topological polar surface area (TPSA) is 12.4 Å². The second-order valence-electron chi connectivity index (χ2n) is 6.32. The lowest BCUT2D eigenvalue weighted by Gasteiger charge is -2.06. The van der Waals surface area contributed by atoms with Crippen LogP contribution in [-0.4, -0.2) is 5.71 Å². The molecule has 0 aliphatic carbocycles. The number of hydrogen-bond donors (Lipinski definition) is 0. The summed E-state index contributed by atoms with van der Waals surface area (Å²) in [6.07, 6.45) is 9.35. The van der Waals surface area contributed by atoms with Gasteiger partial charge in [-0.15, -0.1) is 0 Å². The zero-order valence-corrected chi connectivity index (χ0v) is 15.1. The highest BCUT2D eigenvalue weighted by molar-refractivity contribution is 6.04. The Kier molecular flexibility index (Phi) is 8.11. The van der Waals surface area contributed by atoms with Crippen LogP contribution in [0.15, 0.2) is 47.5 Å². The van der Waals surface area contributed by atoms with Gasteiger partial charge < -0.3 is 0 Å². The lowest BCUT2D eigenvalue weighted by molar-refractivity contribution is 0.679. The maximum Gasteiger partial charge on any atom is 0.0583 e. The largest absolute Gasteiger partial charge is 0.202 e. The molecule has 0 radical (unpaired) electrons. The number of hydrogen-bond acceptors (Lipinski definition) is 1. The van der Waals surface area contributed by atoms with Crippen molar-refractivity contribution < 1.29 is 0 Å². The van der Waals surface area contributed by atoms with Gasteiger partial charge >= 0.3 is 0 Å². The van der Waals surface area contributed by atoms with Crippen molar-refractivity contribution in [3.63, 3.8) is 0 Å². The number of benzene rings is 2. The highest BCUT2D eigenvalue weighted by atomic mass is 14.7. The Morgan fingerprint density at radius 1 is 0.875 bits per heavy atom. The molecule has 0 fully saturated rings. The third-order valence-corrected chi connectivity index (χ3v) is 4.28. The van der Waals surface area contributed by atoms with E-state index in [1.54, 1.807) is 0 Å². The Labute approximate surface area is 147 Å². The fraction of sp³-hybridized carbons (Fsp3) is 0.435. The molecule has 0 unspecified atom stereocenters. The van der Waals surface area contributed by atoms with Crippen LogP contribution in [0.25, 0.3) is 10.8 Å². The van der Waals surface area contributed by atoms with Crippen LogP contribution in [0.1, 0.15) is 70.8 Å². The summed E-state index contributed by atoms with van der Waals surface area (Å²) in [7, 11) is 0. The van der Waals surface area contributed by atoms with Crippen LogP contribution >= 0.6 is 0 Å². The molecule has 0 spiro atoms. The molecule has 1 heteroatoms. The molecule has 2 rings (SSSR count). The summed E-state index contributed by atoms with van der Waals surface area (Å²) in [6.45, 7) is 4.46. The van der Waals surface area contributed by atoms with E-state index in [9.17, 15) is 0 Å². The van der Waals surface area contributed by atoms with E-state index in [2.05, 4.69) is 73.3 Å². The molecular formula is C23H29N. The van der Waals surface area contributed by atoms with E-state index in [0.29, 0.717) is 0 Å². The third-order valence-electron chi connectivity index (χ3n) is 4.28. The van der Waals surface area contributed by atoms with E-state index in [0.717, 1.165) is 25.0 Å². The van der Waals surface area contributed by atoms with Gasteiger partial charge in [-0.25, -0.2) is 4.99 Å². The number of fused-ring (bicyclic) bond motifs is 1. The smallest absolute Gasteiger partial charge is 0.0583 e. The van der Waals surface area contributed by atoms with Gasteiger partial charge in [-0.2, -0.15) is 0 Å². The van der Waals surface area contributed by atoms with E-state index >= 15 is 0 Å². The molecule has 0 amide bonds. The monoisotopic (exact) mass is 319 g/mol. The molecule has 0 saturated carbocycles. The van der Waals surface area contributed by atoms with Crippen molar-refractivity contribution in [3.8, 4) is 12.0 Å². The molecule has 0 atom stereocenters. The van der Waals surface area contributed by atoms with Crippen LogP contribution in [0.2, 0.25) is 0 Å². The van der Waals surface area contributed by atoms with Crippen molar-refractivity contribution in [2.75, 3.05) is 0 Å². The van der Waals surface area contributed by atoms with Crippen LogP contribution in [0.3, 0.4) is 0 Å². The van der Waals surface area contributed by atoms with Gasteiger partial charge in [0.15, 0.2) is 0 Å². The minimum atomic E-state index is 0.961. The average molecular weight is 319 g/mol. The lowest BCUT2D eigenvalue weighted by Crippen LogP contribution is -2.00. The molecule has 24 heavy (non-hydrogen) atoms. The molecule has 1 nitrogen and oxygen atoms in total. The van der Waals surface area contributed by atoms with Crippen LogP contribution in [0.5, 0.6) is 0 Å². The average Bonchev–Trinajstić information content (AvgIpc) is 2.63. The van der Waals surface area contributed by atoms with Gasteiger partial charge in [-0.3, -0.25) is 0 Å². The summed E-state index contributed by atoms with van der Waals surface area (Å²) in [5.74, 6) is 3.22. The standard InChI is InChI=1S/C23H29N/c1-3-5-7-8-9-12-18-24-23(15-6-4-2)22-17-16-20-13-10-11-14-21(20)19-22/h10-11,13-14,16-17,19H,3-9,15H2,1-2H3. The predicted octanol–water partition coefficient (Wildman–Crippen LogP) is 6.75. The lowest BCUT2D eigenvalue weighted by atomic mass is 10.0. The van der Waals surface area contributed by atoms with Crippen molar-refractivity contribution >= 4 is 16.5 Å². The summed E-state index contributed by atoms with van der Waals surface area (Å²) >= 11 is 0. The van der Waals surface area contributed by atoms with Gasteiger partial charge in [0.25, 0.3) is 0 Å². The van der Waals surface area contributed by atoms with E-state index in [1.165, 1.54) is 48.4 Å². The van der Waals surface area contributed by atoms with Gasteiger partial charge in [0.1, 0.15) is 0 Å². The van der Waals surface area contributed by atoms with Crippen molar-refractivity contribution in [2.24, 2.45) is 4.99 Å². The van der Waals surface area contributed by atoms with Crippen LogP contribution in [-0.2, 0) is 0 Å². The maximum atomic E-state index is 4.61. The summed E-state index contributed by atoms with van der Waals surface area (Å²) in [4.78, 5) is 4.61. The quantitative estimate of drug-likeness (QED) is 0.290. The molecular weight excluding hydrogens is 290 g/mol. The van der Waals surface area contributed by atoms with Crippen molar-refractivity contribution in [3.05, 3.63) is 48.0 Å². The summed E-state index contributed by atoms with van der Waals surface area (Å²) in [5, 5.41) is 2.55. The Balaban J connectivity index is 2.11. The summed E-state index contributed by atoms with van der Waals surface area (Å²) in [6, 6.07) is 18.1. The second kappa shape index (κ2) is 10.7. The van der Waals surface area contributed by atoms with Crippen LogP contribution in [0.4, 0.5) is 0 Å². The summed E-state index contributed by atoms with van der Waals surface area (Å²) in [5.41, 5.74) is 2.34. The first-order valence-electron chi connectivity index (χ1n) is 9.38. The Hall–Kier alpha value is -2.07. The molecule has 0 saturated heterocycles. The zero-order valence-electron chi connectivity index (χ0n) is 15.1. The van der Waals surface area contributed by atoms with E-state index < -0.39 is 0 Å². The van der Waals surface area contributed by atoms with E-state index in [-0.39, 0.29) is 0 Å². The first kappa shape index (κ1) is 18.3. The third kappa shape index (κ3) is 5.85. The van der Waals surface area contributed by atoms with E-state index in [1.807, 2.05) is 0 Å². The molecule has 2 aromatic rings. The molecule has 126 valence electrons. The van der Waals surface area contributed by atoms with Gasteiger partial charge in [-0.05, 0) is 41.7 Å². The van der Waals surface area contributed by atoms with Crippen LogP contribution < -0.4 is 0 Å². The fourth-order valence-electron chi connectivity index (χ4n) is 2.78.